The van der Waals surface area contributed by atoms with E-state index >= 15 is 0 Å². The van der Waals surface area contributed by atoms with Crippen molar-refractivity contribution in [3.8, 4) is 0 Å². The molecule has 19 heavy (non-hydrogen) atoms. The van der Waals surface area contributed by atoms with E-state index in [4.69, 9.17) is 20.6 Å². The average Bonchev–Trinajstić information content (AvgIpc) is 2.62. The van der Waals surface area contributed by atoms with E-state index in [9.17, 15) is 8.42 Å². The van der Waals surface area contributed by atoms with E-state index in [0.29, 0.717) is 6.26 Å². The molecular weight excluding hydrogens is 258 g/mol. The molecule has 2 rings (SSSR count). The highest BCUT2D eigenvalue weighted by molar-refractivity contribution is 7.90. The van der Waals surface area contributed by atoms with Crippen LogP contribution in [0, 0.1) is 0 Å². The minimum Gasteiger partial charge on any atom is -0.303 e. The van der Waals surface area contributed by atoms with Crippen LogP contribution in [0.4, 0.5) is 0 Å². The van der Waals surface area contributed by atoms with Crippen molar-refractivity contribution in [3.63, 3.8) is 0 Å². The Morgan fingerprint density at radius 1 is 1.63 bits per heavy atom. The molecule has 1 atom stereocenters. The lowest BCUT2D eigenvalue weighted by atomic mass is 9.90. The van der Waals surface area contributed by atoms with Crippen LogP contribution in [-0.4, -0.2) is 39.1 Å². The van der Waals surface area contributed by atoms with Crippen LogP contribution in [0.5, 0.6) is 0 Å². The first-order valence-electron chi connectivity index (χ1n) is 12.9. The molecule has 1 fully saturated rings. The first kappa shape index (κ1) is 4.57. The van der Waals surface area contributed by atoms with Gasteiger partial charge in [0.15, 0.2) is 9.84 Å². The lowest BCUT2D eigenvalue weighted by molar-refractivity contribution is 0.208. The molecular formula is C15H23NO2S. The normalized spacial score (nSPS) is 48.2. The molecule has 1 aliphatic heterocycles. The molecule has 0 bridgehead atoms. The Hall–Kier alpha value is -0.870. The van der Waals surface area contributed by atoms with Gasteiger partial charge in [-0.25, -0.2) is 8.42 Å². The number of benzene rings is 1. The fourth-order valence-corrected chi connectivity index (χ4v) is 1.83. The molecule has 1 aromatic carbocycles. The zero-order valence-corrected chi connectivity index (χ0v) is 11.2. The van der Waals surface area contributed by atoms with E-state index < -0.39 is 89.0 Å². The van der Waals surface area contributed by atoms with E-state index in [-0.39, 0.29) is 4.90 Å². The van der Waals surface area contributed by atoms with Crippen LogP contribution in [0.25, 0.3) is 0 Å². The molecule has 0 unspecified atom stereocenters. The summed E-state index contributed by atoms with van der Waals surface area (Å²) >= 11 is 0. The maximum Gasteiger partial charge on any atom is 0.175 e. The maximum absolute atomic E-state index is 12.3. The SMILES string of the molecule is [2H]c1c([2H])c([C@]2([2H])C([2H])([2H])N(C([2H])([2H])CC)C([2H])([2H])C([2H])([2H])C2([2H])[2H])c([2H])c(S(C)(=O)=O)c1[2H]. The third kappa shape index (κ3) is 3.80. The lowest BCUT2D eigenvalue weighted by Crippen LogP contribution is -2.34. The minimum atomic E-state index is -4.53. The van der Waals surface area contributed by atoms with Crippen LogP contribution >= 0.6 is 0 Å². The lowest BCUT2D eigenvalue weighted by Gasteiger charge is -2.32. The topological polar surface area (TPSA) is 37.4 Å². The van der Waals surface area contributed by atoms with Crippen molar-refractivity contribution in [3.05, 3.63) is 29.7 Å². The molecule has 106 valence electrons. The molecule has 1 saturated heterocycles. The highest BCUT2D eigenvalue weighted by Crippen LogP contribution is 2.28. The molecule has 1 aromatic rings. The molecule has 0 saturated carbocycles. The van der Waals surface area contributed by atoms with Crippen LogP contribution in [0.3, 0.4) is 0 Å². The smallest absolute Gasteiger partial charge is 0.175 e. The summed E-state index contributed by atoms with van der Waals surface area (Å²) in [4.78, 5) is -1.53. The Bertz CT molecular complexity index is 1130. The van der Waals surface area contributed by atoms with Gasteiger partial charge in [0.2, 0.25) is 0 Å². The highest BCUT2D eigenvalue weighted by Gasteiger charge is 2.21. The quantitative estimate of drug-likeness (QED) is 0.857. The number of likely N-dealkylation sites (tertiary alicyclic amines) is 1. The summed E-state index contributed by atoms with van der Waals surface area (Å²) < 4.78 is 149. The summed E-state index contributed by atoms with van der Waals surface area (Å²) in [6, 6.07) is -5.04. The van der Waals surface area contributed by atoms with Crippen LogP contribution < -0.4 is 0 Å². The van der Waals surface area contributed by atoms with E-state index in [1.807, 2.05) is 0 Å². The Balaban J connectivity index is 3.26. The van der Waals surface area contributed by atoms with Crippen LogP contribution in [0.15, 0.2) is 29.1 Å². The summed E-state index contributed by atoms with van der Waals surface area (Å²) in [5.74, 6) is -3.85. The number of sulfone groups is 1. The van der Waals surface area contributed by atoms with Crippen molar-refractivity contribution in [2.45, 2.75) is 36.9 Å². The minimum absolute atomic E-state index is 0.307. The number of hydrogen-bond donors (Lipinski definition) is 0. The van der Waals surface area contributed by atoms with E-state index in [2.05, 4.69) is 0 Å². The number of nitrogens with zero attached hydrogens (tertiary/aromatic N) is 1. The molecule has 4 heteroatoms. The predicted molar refractivity (Wildman–Crippen MR) is 78.3 cm³/mol. The van der Waals surface area contributed by atoms with Gasteiger partial charge in [-0.2, -0.15) is 0 Å². The zero-order valence-electron chi connectivity index (χ0n) is 25.4. The van der Waals surface area contributed by atoms with Crippen molar-refractivity contribution in [1.82, 2.24) is 4.90 Å². The van der Waals surface area contributed by atoms with Gasteiger partial charge in [-0.15, -0.1) is 0 Å². The molecule has 0 radical (unpaired) electrons. The number of piperidine rings is 1. The van der Waals surface area contributed by atoms with Gasteiger partial charge in [0.25, 0.3) is 0 Å². The Morgan fingerprint density at radius 2 is 2.42 bits per heavy atom. The maximum atomic E-state index is 12.3. The van der Waals surface area contributed by atoms with Crippen molar-refractivity contribution < 1.29 is 29.0 Å². The summed E-state index contributed by atoms with van der Waals surface area (Å²) in [5.41, 5.74) is -1.42. The molecule has 1 aliphatic rings. The summed E-state index contributed by atoms with van der Waals surface area (Å²) in [6.45, 7) is -9.41. The molecule has 0 N–H and O–H groups in total. The first-order valence-corrected chi connectivity index (χ1v) is 7.32. The van der Waals surface area contributed by atoms with Gasteiger partial charge < -0.3 is 4.90 Å². The van der Waals surface area contributed by atoms with E-state index in [1.54, 1.807) is 0 Å². The Morgan fingerprint density at radius 3 is 3.11 bits per heavy atom. The average molecular weight is 297 g/mol. The number of hydrogen-bond acceptors (Lipinski definition) is 3. The zero-order chi connectivity index (χ0) is 27.2. The van der Waals surface area contributed by atoms with Crippen molar-refractivity contribution in [2.24, 2.45) is 0 Å². The van der Waals surface area contributed by atoms with Gasteiger partial charge >= 0.3 is 0 Å². The Labute approximate surface area is 137 Å². The summed E-state index contributed by atoms with van der Waals surface area (Å²) in [5, 5.41) is 0. The second-order valence-electron chi connectivity index (χ2n) is 3.67. The Kier molecular flexibility index (Phi) is 1.46. The standard InChI is InChI=1S/C15H23NO2S/c1-3-9-16-10-5-7-14(12-16)13-6-4-8-15(11-13)19(2,17)18/h4,6,8,11,14H,3,5,7,9-10,12H2,1-2H3/t14-/m0/s1/i4D,5D2,6D,7D2,8D,9D2,10D2,11D,12D2,14D. The van der Waals surface area contributed by atoms with Gasteiger partial charge in [0.1, 0.15) is 0 Å². The second-order valence-corrected chi connectivity index (χ2v) is 5.62. The van der Waals surface area contributed by atoms with Crippen LogP contribution in [0.1, 0.15) is 58.1 Å². The molecule has 0 aliphatic carbocycles. The van der Waals surface area contributed by atoms with Gasteiger partial charge in [-0.05, 0) is 55.7 Å². The van der Waals surface area contributed by atoms with Gasteiger partial charge in [-0.3, -0.25) is 0 Å². The molecule has 1 heterocycles. The van der Waals surface area contributed by atoms with Crippen LogP contribution in [0.2, 0.25) is 0 Å². The fraction of sp³-hybridized carbons (Fsp3) is 0.600. The third-order valence-electron chi connectivity index (χ3n) is 2.12. The first-order chi connectivity index (χ1) is 14.8. The molecule has 3 nitrogen and oxygen atoms in total. The van der Waals surface area contributed by atoms with E-state index in [1.165, 1.54) is 6.92 Å². The predicted octanol–water partition coefficient (Wildman–Crippen LogP) is 2.68. The highest BCUT2D eigenvalue weighted by atomic mass is 32.2. The summed E-state index contributed by atoms with van der Waals surface area (Å²) in [6.07, 6.45) is -7.93. The fourth-order valence-electron chi connectivity index (χ4n) is 1.31. The van der Waals surface area contributed by atoms with E-state index in [0.717, 1.165) is 0 Å². The van der Waals surface area contributed by atoms with Crippen LogP contribution in [-0.2, 0) is 9.84 Å². The van der Waals surface area contributed by atoms with Gasteiger partial charge in [0.05, 0.1) is 10.4 Å². The van der Waals surface area contributed by atoms with Crippen molar-refractivity contribution >= 4 is 9.84 Å². The monoisotopic (exact) mass is 296 g/mol. The third-order valence-corrected chi connectivity index (χ3v) is 3.06. The van der Waals surface area contributed by atoms with Gasteiger partial charge in [-0.1, -0.05) is 19.0 Å². The second kappa shape index (κ2) is 6.06. The molecule has 0 spiro atoms. The van der Waals surface area contributed by atoms with Crippen molar-refractivity contribution in [2.75, 3.05) is 25.7 Å². The van der Waals surface area contributed by atoms with Crippen molar-refractivity contribution in [1.29, 1.82) is 0 Å². The van der Waals surface area contributed by atoms with Gasteiger partial charge in [0, 0.05) is 27.8 Å². The molecule has 0 amide bonds. The largest absolute Gasteiger partial charge is 0.303 e. The molecule has 0 aromatic heterocycles. The summed E-state index contributed by atoms with van der Waals surface area (Å²) in [7, 11) is -4.53. The number of rotatable bonds is 4.